The molecule has 0 saturated heterocycles. The van der Waals surface area contributed by atoms with Gasteiger partial charge in [-0.05, 0) is 19.1 Å². The van der Waals surface area contributed by atoms with Crippen LogP contribution in [0.3, 0.4) is 0 Å². The number of pyridine rings is 1. The number of hydrogen-bond acceptors (Lipinski definition) is 6. The summed E-state index contributed by atoms with van der Waals surface area (Å²) in [5, 5.41) is 3.92. The van der Waals surface area contributed by atoms with Crippen molar-refractivity contribution in [2.75, 3.05) is 6.61 Å². The molecule has 0 amide bonds. The Balaban J connectivity index is 1.66. The molecule has 0 aliphatic carbocycles. The Morgan fingerprint density at radius 1 is 1.17 bits per heavy atom. The second-order valence-corrected chi connectivity index (χ2v) is 4.91. The maximum Gasteiger partial charge on any atom is 0.344 e. The van der Waals surface area contributed by atoms with Crippen LogP contribution in [-0.4, -0.2) is 22.7 Å². The first kappa shape index (κ1) is 15.7. The number of rotatable bonds is 6. The second-order valence-electron chi connectivity index (χ2n) is 4.91. The van der Waals surface area contributed by atoms with Crippen molar-refractivity contribution in [1.29, 1.82) is 0 Å². The van der Waals surface area contributed by atoms with Gasteiger partial charge in [-0.1, -0.05) is 35.5 Å². The molecule has 1 aromatic carbocycles. The number of nitrogens with zero attached hydrogens (tertiary/aromatic N) is 2. The van der Waals surface area contributed by atoms with E-state index < -0.39 is 5.97 Å². The molecule has 0 aliphatic heterocycles. The average molecular weight is 324 g/mol. The van der Waals surface area contributed by atoms with Gasteiger partial charge in [0.15, 0.2) is 5.76 Å². The van der Waals surface area contributed by atoms with Crippen LogP contribution in [0.1, 0.15) is 23.0 Å². The molecule has 0 spiro atoms. The Labute approximate surface area is 139 Å². The molecule has 6 nitrogen and oxygen atoms in total. The van der Waals surface area contributed by atoms with Crippen molar-refractivity contribution in [3.8, 4) is 17.2 Å². The number of carbonyl (C=O) groups excluding carboxylic acids is 1. The van der Waals surface area contributed by atoms with E-state index in [9.17, 15) is 4.79 Å². The molecule has 3 aromatic rings. The fraction of sp³-hybridized carbons (Fsp3) is 0.167. The molecular weight excluding hydrogens is 308 g/mol. The van der Waals surface area contributed by atoms with Crippen molar-refractivity contribution in [3.05, 3.63) is 66.0 Å². The Morgan fingerprint density at radius 2 is 2.00 bits per heavy atom. The first-order chi connectivity index (χ1) is 11.8. The van der Waals surface area contributed by atoms with Crippen molar-refractivity contribution in [2.24, 2.45) is 0 Å². The van der Waals surface area contributed by atoms with Gasteiger partial charge < -0.3 is 14.0 Å². The van der Waals surface area contributed by atoms with Crippen LogP contribution in [0.4, 0.5) is 0 Å². The molecule has 0 saturated carbocycles. The highest BCUT2D eigenvalue weighted by molar-refractivity contribution is 5.91. The topological polar surface area (TPSA) is 74.5 Å². The molecule has 24 heavy (non-hydrogen) atoms. The summed E-state index contributed by atoms with van der Waals surface area (Å²) < 4.78 is 15.9. The van der Waals surface area contributed by atoms with Crippen LogP contribution in [0.15, 0.2) is 59.3 Å². The number of carbonyl (C=O) groups is 1. The van der Waals surface area contributed by atoms with Gasteiger partial charge >= 0.3 is 5.97 Å². The Hall–Kier alpha value is -3.15. The summed E-state index contributed by atoms with van der Waals surface area (Å²) in [5.74, 6) is 0.365. The molecule has 3 rings (SSSR count). The van der Waals surface area contributed by atoms with E-state index >= 15 is 0 Å². The van der Waals surface area contributed by atoms with E-state index in [2.05, 4.69) is 10.1 Å². The van der Waals surface area contributed by atoms with Crippen LogP contribution in [0, 0.1) is 0 Å². The highest BCUT2D eigenvalue weighted by Crippen LogP contribution is 2.21. The SMILES string of the molecule is CCOc1ncccc1C(=O)OCc1cc(-c2ccccc2)on1. The summed E-state index contributed by atoms with van der Waals surface area (Å²) in [7, 11) is 0. The lowest BCUT2D eigenvalue weighted by atomic mass is 10.2. The smallest absolute Gasteiger partial charge is 0.344 e. The zero-order valence-electron chi connectivity index (χ0n) is 13.1. The highest BCUT2D eigenvalue weighted by atomic mass is 16.5. The van der Waals surface area contributed by atoms with Gasteiger partial charge in [0, 0.05) is 17.8 Å². The van der Waals surface area contributed by atoms with E-state index in [1.165, 1.54) is 0 Å². The minimum absolute atomic E-state index is 0.00955. The largest absolute Gasteiger partial charge is 0.477 e. The van der Waals surface area contributed by atoms with Gasteiger partial charge in [0.25, 0.3) is 0 Å². The minimum Gasteiger partial charge on any atom is -0.477 e. The fourth-order valence-corrected chi connectivity index (χ4v) is 2.13. The average Bonchev–Trinajstić information content (AvgIpc) is 3.10. The molecule has 0 N–H and O–H groups in total. The predicted molar refractivity (Wildman–Crippen MR) is 86.5 cm³/mol. The molecular formula is C18H16N2O4. The molecule has 122 valence electrons. The van der Waals surface area contributed by atoms with Crippen molar-refractivity contribution in [2.45, 2.75) is 13.5 Å². The maximum atomic E-state index is 12.2. The number of aromatic nitrogens is 2. The van der Waals surface area contributed by atoms with E-state index in [-0.39, 0.29) is 18.1 Å². The van der Waals surface area contributed by atoms with Gasteiger partial charge in [-0.25, -0.2) is 9.78 Å². The molecule has 0 radical (unpaired) electrons. The van der Waals surface area contributed by atoms with Crippen LogP contribution >= 0.6 is 0 Å². The fourth-order valence-electron chi connectivity index (χ4n) is 2.13. The number of esters is 1. The third kappa shape index (κ3) is 3.60. The van der Waals surface area contributed by atoms with Gasteiger partial charge in [-0.15, -0.1) is 0 Å². The van der Waals surface area contributed by atoms with Crippen molar-refractivity contribution < 1.29 is 18.8 Å². The summed E-state index contributed by atoms with van der Waals surface area (Å²) in [6.45, 7) is 2.25. The van der Waals surface area contributed by atoms with E-state index in [4.69, 9.17) is 14.0 Å². The van der Waals surface area contributed by atoms with E-state index in [0.29, 0.717) is 18.1 Å². The normalized spacial score (nSPS) is 10.4. The van der Waals surface area contributed by atoms with Crippen LogP contribution in [-0.2, 0) is 11.3 Å². The third-order valence-corrected chi connectivity index (χ3v) is 3.24. The Kier molecular flexibility index (Phi) is 4.86. The summed E-state index contributed by atoms with van der Waals surface area (Å²) in [5.41, 5.74) is 1.73. The van der Waals surface area contributed by atoms with Crippen LogP contribution < -0.4 is 4.74 Å². The van der Waals surface area contributed by atoms with Crippen molar-refractivity contribution >= 4 is 5.97 Å². The second kappa shape index (κ2) is 7.41. The van der Waals surface area contributed by atoms with Gasteiger partial charge in [-0.3, -0.25) is 0 Å². The van der Waals surface area contributed by atoms with Gasteiger partial charge in [0.05, 0.1) is 6.61 Å². The highest BCUT2D eigenvalue weighted by Gasteiger charge is 2.16. The molecule has 0 unspecified atom stereocenters. The lowest BCUT2D eigenvalue weighted by Crippen LogP contribution is -2.09. The zero-order valence-corrected chi connectivity index (χ0v) is 13.1. The number of benzene rings is 1. The van der Waals surface area contributed by atoms with Crippen LogP contribution in [0.5, 0.6) is 5.88 Å². The van der Waals surface area contributed by atoms with Crippen molar-refractivity contribution in [3.63, 3.8) is 0 Å². The summed E-state index contributed by atoms with van der Waals surface area (Å²) in [4.78, 5) is 16.2. The number of ether oxygens (including phenoxy) is 2. The summed E-state index contributed by atoms with van der Waals surface area (Å²) in [6, 6.07) is 14.6. The monoisotopic (exact) mass is 324 g/mol. The minimum atomic E-state index is -0.518. The molecule has 0 bridgehead atoms. The van der Waals surface area contributed by atoms with Crippen LogP contribution in [0.2, 0.25) is 0 Å². The zero-order chi connectivity index (χ0) is 16.8. The van der Waals surface area contributed by atoms with Gasteiger partial charge in [0.2, 0.25) is 5.88 Å². The standard InChI is InChI=1S/C18H16N2O4/c1-2-22-17-15(9-6-10-19-17)18(21)23-12-14-11-16(24-20-14)13-7-4-3-5-8-13/h3-11H,2,12H2,1H3. The van der Waals surface area contributed by atoms with Crippen molar-refractivity contribution in [1.82, 2.24) is 10.1 Å². The molecule has 0 atom stereocenters. The Morgan fingerprint density at radius 3 is 2.79 bits per heavy atom. The summed E-state index contributed by atoms with van der Waals surface area (Å²) in [6.07, 6.45) is 1.56. The van der Waals surface area contributed by atoms with E-state index in [1.54, 1.807) is 24.4 Å². The van der Waals surface area contributed by atoms with Crippen LogP contribution in [0.25, 0.3) is 11.3 Å². The lowest BCUT2D eigenvalue weighted by molar-refractivity contribution is 0.0459. The van der Waals surface area contributed by atoms with Gasteiger partial charge in [0.1, 0.15) is 17.9 Å². The number of hydrogen-bond donors (Lipinski definition) is 0. The lowest BCUT2D eigenvalue weighted by Gasteiger charge is -2.07. The molecule has 2 heterocycles. The quantitative estimate of drug-likeness (QED) is 0.646. The van der Waals surface area contributed by atoms with E-state index in [1.807, 2.05) is 37.3 Å². The molecule has 0 fully saturated rings. The van der Waals surface area contributed by atoms with Gasteiger partial charge in [-0.2, -0.15) is 0 Å². The first-order valence-corrected chi connectivity index (χ1v) is 7.54. The maximum absolute atomic E-state index is 12.2. The third-order valence-electron chi connectivity index (χ3n) is 3.24. The molecule has 2 aromatic heterocycles. The first-order valence-electron chi connectivity index (χ1n) is 7.54. The van der Waals surface area contributed by atoms with E-state index in [0.717, 1.165) is 5.56 Å². The molecule has 0 aliphatic rings. The summed E-state index contributed by atoms with van der Waals surface area (Å²) >= 11 is 0. The molecule has 6 heteroatoms. The predicted octanol–water partition coefficient (Wildman–Crippen LogP) is 3.49. The Bertz CT molecular complexity index is 815.